The second-order valence-corrected chi connectivity index (χ2v) is 4.09. The van der Waals surface area contributed by atoms with Gasteiger partial charge in [-0.15, -0.1) is 0 Å². The highest BCUT2D eigenvalue weighted by Gasteiger charge is 2.22. The summed E-state index contributed by atoms with van der Waals surface area (Å²) < 4.78 is 10.8. The summed E-state index contributed by atoms with van der Waals surface area (Å²) in [6.45, 7) is 5.42. The molecule has 3 N–H and O–H groups in total. The summed E-state index contributed by atoms with van der Waals surface area (Å²) in [5, 5.41) is 0. The second kappa shape index (κ2) is 8.05. The van der Waals surface area contributed by atoms with Crippen LogP contribution >= 0.6 is 0 Å². The number of nitrogens with two attached hydrogens (primary N) is 1. The topological polar surface area (TPSA) is 56.5 Å². The molecule has 1 aliphatic heterocycles. The van der Waals surface area contributed by atoms with E-state index in [0.717, 1.165) is 45.7 Å². The molecule has 1 fully saturated rings. The van der Waals surface area contributed by atoms with Crippen LogP contribution in [-0.4, -0.2) is 32.5 Å². The largest absolute Gasteiger partial charge is 0.382 e. The van der Waals surface area contributed by atoms with Crippen LogP contribution in [0.2, 0.25) is 0 Å². The zero-order chi connectivity index (χ0) is 10.9. The lowest BCUT2D eigenvalue weighted by atomic mass is 9.91. The third-order valence-electron chi connectivity index (χ3n) is 2.99. The molecular weight excluding hydrogens is 192 g/mol. The van der Waals surface area contributed by atoms with Crippen molar-refractivity contribution in [1.29, 1.82) is 0 Å². The maximum absolute atomic E-state index is 5.57. The van der Waals surface area contributed by atoms with Crippen LogP contribution in [0.25, 0.3) is 0 Å². The minimum Gasteiger partial charge on any atom is -0.382 e. The summed E-state index contributed by atoms with van der Waals surface area (Å²) in [6, 6.07) is 0.380. The van der Waals surface area contributed by atoms with Gasteiger partial charge >= 0.3 is 0 Å². The van der Waals surface area contributed by atoms with Crippen molar-refractivity contribution in [2.45, 2.75) is 38.6 Å². The van der Waals surface area contributed by atoms with Crippen LogP contribution in [0.1, 0.15) is 32.6 Å². The first-order valence-electron chi connectivity index (χ1n) is 6.00. The Hall–Kier alpha value is -0.160. The molecule has 0 saturated carbocycles. The van der Waals surface area contributed by atoms with Gasteiger partial charge in [-0.2, -0.15) is 0 Å². The molecule has 0 aromatic heterocycles. The summed E-state index contributed by atoms with van der Waals surface area (Å²) in [4.78, 5) is 0. The van der Waals surface area contributed by atoms with Crippen molar-refractivity contribution >= 4 is 0 Å². The van der Waals surface area contributed by atoms with Crippen molar-refractivity contribution in [1.82, 2.24) is 5.43 Å². The van der Waals surface area contributed by atoms with Gasteiger partial charge in [-0.05, 0) is 38.5 Å². The first-order valence-corrected chi connectivity index (χ1v) is 6.00. The Morgan fingerprint density at radius 3 is 3.07 bits per heavy atom. The molecule has 4 heteroatoms. The number of hydrazine groups is 1. The molecule has 0 radical (unpaired) electrons. The molecule has 0 bridgehead atoms. The van der Waals surface area contributed by atoms with Crippen molar-refractivity contribution in [2.24, 2.45) is 11.8 Å². The van der Waals surface area contributed by atoms with E-state index in [0.29, 0.717) is 12.0 Å². The Balaban J connectivity index is 2.15. The zero-order valence-electron chi connectivity index (χ0n) is 9.71. The van der Waals surface area contributed by atoms with Crippen LogP contribution in [0, 0.1) is 5.92 Å². The Labute approximate surface area is 92.5 Å². The molecule has 15 heavy (non-hydrogen) atoms. The van der Waals surface area contributed by atoms with Crippen LogP contribution in [-0.2, 0) is 9.47 Å². The van der Waals surface area contributed by atoms with E-state index in [2.05, 4.69) is 5.43 Å². The van der Waals surface area contributed by atoms with Gasteiger partial charge in [-0.3, -0.25) is 11.3 Å². The monoisotopic (exact) mass is 216 g/mol. The Kier molecular flexibility index (Phi) is 6.92. The minimum absolute atomic E-state index is 0.380. The summed E-state index contributed by atoms with van der Waals surface area (Å²) in [6.07, 6.45) is 4.53. The molecule has 2 atom stereocenters. The maximum atomic E-state index is 5.57. The lowest BCUT2D eigenvalue weighted by molar-refractivity contribution is 0.0358. The van der Waals surface area contributed by atoms with Crippen LogP contribution < -0.4 is 11.3 Å². The molecule has 4 nitrogen and oxygen atoms in total. The Morgan fingerprint density at radius 1 is 1.60 bits per heavy atom. The van der Waals surface area contributed by atoms with Crippen LogP contribution in [0.15, 0.2) is 0 Å². The standard InChI is InChI=1S/C11H24N2O2/c1-2-14-7-4-6-11(13-12)10-5-3-8-15-9-10/h10-11,13H,2-9,12H2,1H3. The fourth-order valence-corrected chi connectivity index (χ4v) is 2.09. The lowest BCUT2D eigenvalue weighted by Crippen LogP contribution is -2.44. The van der Waals surface area contributed by atoms with E-state index in [1.807, 2.05) is 6.92 Å². The summed E-state index contributed by atoms with van der Waals surface area (Å²) >= 11 is 0. The molecule has 90 valence electrons. The molecule has 1 aliphatic rings. The van der Waals surface area contributed by atoms with E-state index in [1.54, 1.807) is 0 Å². The van der Waals surface area contributed by atoms with Gasteiger partial charge in [0.2, 0.25) is 0 Å². The summed E-state index contributed by atoms with van der Waals surface area (Å²) in [5.74, 6) is 6.15. The van der Waals surface area contributed by atoms with Crippen molar-refractivity contribution < 1.29 is 9.47 Å². The minimum atomic E-state index is 0.380. The third kappa shape index (κ3) is 4.93. The van der Waals surface area contributed by atoms with Crippen LogP contribution in [0.4, 0.5) is 0 Å². The van der Waals surface area contributed by atoms with Gasteiger partial charge in [0.05, 0.1) is 6.61 Å². The van der Waals surface area contributed by atoms with E-state index in [4.69, 9.17) is 15.3 Å². The van der Waals surface area contributed by atoms with Crippen molar-refractivity contribution in [3.63, 3.8) is 0 Å². The third-order valence-corrected chi connectivity index (χ3v) is 2.99. The summed E-state index contributed by atoms with van der Waals surface area (Å²) in [5.41, 5.74) is 2.91. The fraction of sp³-hybridized carbons (Fsp3) is 1.00. The molecule has 0 aromatic rings. The fourth-order valence-electron chi connectivity index (χ4n) is 2.09. The van der Waals surface area contributed by atoms with Gasteiger partial charge in [0.1, 0.15) is 0 Å². The van der Waals surface area contributed by atoms with E-state index < -0.39 is 0 Å². The van der Waals surface area contributed by atoms with E-state index in [9.17, 15) is 0 Å². The first-order chi connectivity index (χ1) is 7.38. The van der Waals surface area contributed by atoms with E-state index in [-0.39, 0.29) is 0 Å². The molecule has 0 amide bonds. The number of nitrogens with one attached hydrogen (secondary N) is 1. The van der Waals surface area contributed by atoms with Crippen LogP contribution in [0.5, 0.6) is 0 Å². The highest BCUT2D eigenvalue weighted by molar-refractivity contribution is 4.76. The number of ether oxygens (including phenoxy) is 2. The highest BCUT2D eigenvalue weighted by atomic mass is 16.5. The second-order valence-electron chi connectivity index (χ2n) is 4.09. The number of hydrogen-bond acceptors (Lipinski definition) is 4. The average Bonchev–Trinajstić information content (AvgIpc) is 2.30. The Morgan fingerprint density at radius 2 is 2.47 bits per heavy atom. The molecule has 2 unspecified atom stereocenters. The van der Waals surface area contributed by atoms with Gasteiger partial charge in [0.25, 0.3) is 0 Å². The predicted molar refractivity (Wildman–Crippen MR) is 60.4 cm³/mol. The SMILES string of the molecule is CCOCCCC(NN)C1CCCOC1. The predicted octanol–water partition coefficient (Wildman–Crippen LogP) is 1.06. The van der Waals surface area contributed by atoms with Crippen LogP contribution in [0.3, 0.4) is 0 Å². The van der Waals surface area contributed by atoms with Gasteiger partial charge in [-0.1, -0.05) is 0 Å². The smallest absolute Gasteiger partial charge is 0.0509 e. The molecule has 0 aliphatic carbocycles. The summed E-state index contributed by atoms with van der Waals surface area (Å²) in [7, 11) is 0. The quantitative estimate of drug-likeness (QED) is 0.379. The van der Waals surface area contributed by atoms with Gasteiger partial charge in [-0.25, -0.2) is 0 Å². The van der Waals surface area contributed by atoms with Crippen molar-refractivity contribution in [2.75, 3.05) is 26.4 Å². The first kappa shape index (κ1) is 12.9. The maximum Gasteiger partial charge on any atom is 0.0509 e. The molecular formula is C11H24N2O2. The zero-order valence-corrected chi connectivity index (χ0v) is 9.71. The number of hydrogen-bond donors (Lipinski definition) is 2. The highest BCUT2D eigenvalue weighted by Crippen LogP contribution is 2.19. The molecule has 0 aromatic carbocycles. The van der Waals surface area contributed by atoms with Crippen molar-refractivity contribution in [3.05, 3.63) is 0 Å². The molecule has 1 heterocycles. The lowest BCUT2D eigenvalue weighted by Gasteiger charge is -2.29. The van der Waals surface area contributed by atoms with Crippen molar-refractivity contribution in [3.8, 4) is 0 Å². The number of rotatable bonds is 7. The van der Waals surface area contributed by atoms with Gasteiger partial charge < -0.3 is 9.47 Å². The van der Waals surface area contributed by atoms with E-state index in [1.165, 1.54) is 6.42 Å². The average molecular weight is 216 g/mol. The van der Waals surface area contributed by atoms with E-state index >= 15 is 0 Å². The molecule has 1 saturated heterocycles. The molecule has 1 rings (SSSR count). The Bertz CT molecular complexity index is 150. The van der Waals surface area contributed by atoms with Gasteiger partial charge in [0.15, 0.2) is 0 Å². The normalized spacial score (nSPS) is 24.0. The molecule has 0 spiro atoms. The van der Waals surface area contributed by atoms with Gasteiger partial charge in [0, 0.05) is 25.9 Å².